The van der Waals surface area contributed by atoms with Crippen molar-refractivity contribution in [1.29, 1.82) is 0 Å². The van der Waals surface area contributed by atoms with Crippen LogP contribution in [-0.2, 0) is 70.3 Å². The topological polar surface area (TPSA) is 269 Å². The molecular weight excluding hydrogens is 1160 g/mol. The van der Waals surface area contributed by atoms with Crippen LogP contribution in [0.4, 0.5) is 0 Å². The van der Waals surface area contributed by atoms with Gasteiger partial charge in [0.05, 0.1) is 28.0 Å². The summed E-state index contributed by atoms with van der Waals surface area (Å²) in [4.78, 5) is 85.7. The molecule has 2 aliphatic rings. The number of nitrogens with one attached hydrogen (secondary N) is 3. The minimum Gasteiger partial charge on any atom is -0.314 e. The Kier molecular flexibility index (Phi) is 52.8. The molecule has 0 aliphatic carbocycles. The van der Waals surface area contributed by atoms with Gasteiger partial charge in [0, 0.05) is 131 Å². The van der Waals surface area contributed by atoms with Crippen molar-refractivity contribution in [2.45, 2.75) is 215 Å². The predicted molar refractivity (Wildman–Crippen MR) is 344 cm³/mol. The third-order valence-corrected chi connectivity index (χ3v) is 14.6. The van der Waals surface area contributed by atoms with Crippen molar-refractivity contribution in [2.75, 3.05) is 137 Å². The van der Waals surface area contributed by atoms with Crippen LogP contribution in [0, 0.1) is 21.7 Å². The zero-order chi connectivity index (χ0) is 69.8. The first-order chi connectivity index (χ1) is 39.2. The quantitative estimate of drug-likeness (QED) is 0.163. The van der Waals surface area contributed by atoms with E-state index < -0.39 is 27.4 Å². The lowest BCUT2D eigenvalue weighted by molar-refractivity contribution is -0.193. The van der Waals surface area contributed by atoms with Gasteiger partial charge in [0.15, 0.2) is 0 Å². The Morgan fingerprint density at radius 3 is 0.713 bits per heavy atom. The van der Waals surface area contributed by atoms with E-state index in [2.05, 4.69) is 124 Å². The minimum absolute atomic E-state index is 0.221. The summed E-state index contributed by atoms with van der Waals surface area (Å²) in [6, 6.07) is 0. The van der Waals surface area contributed by atoms with Crippen LogP contribution in [0.1, 0.15) is 187 Å². The molecule has 0 aromatic heterocycles. The van der Waals surface area contributed by atoms with Crippen LogP contribution in [0.2, 0.25) is 0 Å². The van der Waals surface area contributed by atoms with Crippen LogP contribution in [0.25, 0.3) is 0 Å². The van der Waals surface area contributed by atoms with Gasteiger partial charge >= 0.3 is 40.8 Å². The summed E-state index contributed by atoms with van der Waals surface area (Å²) < 4.78 is 43.6. The SMILES string of the molecule is C=O.CC(C)(C)CN1CCNCCN(CP(=O)(OC(C)(C)C)OC(C)(C)C)CCN(CC(C)(C)C)CC1.CC(C)(C)CN1CCNCCNCCN(CC(C)(C)C)CC1.CC(C)(C)OP(OC(C)(C)C)OC(C)(C)C.O=C=O.O=C=O.O=C=O.O=C=O. The number of hydrogen-bond acceptors (Lipinski definition) is 23. The molecule has 0 spiro atoms. The Bertz CT molecular complexity index is 1770. The highest BCUT2D eigenvalue weighted by Crippen LogP contribution is 2.55. The molecule has 2 saturated heterocycles. The van der Waals surface area contributed by atoms with E-state index in [0.717, 1.165) is 105 Å². The fourth-order valence-electron chi connectivity index (χ4n) is 8.25. The molecule has 25 heteroatoms. The van der Waals surface area contributed by atoms with Gasteiger partial charge in [-0.25, -0.2) is 0 Å². The molecule has 87 heavy (non-hydrogen) atoms. The Morgan fingerprint density at radius 1 is 0.333 bits per heavy atom. The highest BCUT2D eigenvalue weighted by molar-refractivity contribution is 7.53. The molecule has 2 rings (SSSR count). The fraction of sp³-hybridized carbons (Fsp3) is 0.919. The maximum absolute atomic E-state index is 13.9. The molecule has 23 nitrogen and oxygen atoms in total. The van der Waals surface area contributed by atoms with Crippen LogP contribution < -0.4 is 16.0 Å². The molecule has 0 aromatic rings. The van der Waals surface area contributed by atoms with E-state index in [1.807, 2.05) is 111 Å². The number of nitrogens with zero attached hydrogens (tertiary/aromatic N) is 5. The number of rotatable bonds is 11. The average Bonchev–Trinajstić information content (AvgIpc) is 3.25. The molecule has 0 radical (unpaired) electrons. The average molecular weight is 1290 g/mol. The smallest absolute Gasteiger partial charge is 0.314 e. The Morgan fingerprint density at radius 2 is 0.517 bits per heavy atom. The zero-order valence-corrected chi connectivity index (χ0v) is 61.6. The third-order valence-electron chi connectivity index (χ3n) is 10.1. The molecule has 0 atom stereocenters. The van der Waals surface area contributed by atoms with Crippen molar-refractivity contribution in [2.24, 2.45) is 21.7 Å². The highest BCUT2D eigenvalue weighted by atomic mass is 31.2. The maximum Gasteiger partial charge on any atom is 0.373 e. The van der Waals surface area contributed by atoms with Crippen molar-refractivity contribution < 1.29 is 70.3 Å². The van der Waals surface area contributed by atoms with Gasteiger partial charge in [-0.15, -0.1) is 0 Å². The molecule has 0 bridgehead atoms. The van der Waals surface area contributed by atoms with Crippen molar-refractivity contribution in [3.63, 3.8) is 0 Å². The molecule has 2 fully saturated rings. The predicted octanol–water partition coefficient (Wildman–Crippen LogP) is 9.38. The first-order valence-corrected chi connectivity index (χ1v) is 33.0. The number of carbonyl (C=O) groups is 1. The van der Waals surface area contributed by atoms with Gasteiger partial charge in [-0.2, -0.15) is 38.4 Å². The van der Waals surface area contributed by atoms with Gasteiger partial charge < -0.3 is 63.0 Å². The van der Waals surface area contributed by atoms with Gasteiger partial charge in [0.1, 0.15) is 13.1 Å². The molecule has 2 heterocycles. The summed E-state index contributed by atoms with van der Waals surface area (Å²) >= 11 is 0. The first kappa shape index (κ1) is 95.4. The second kappa shape index (κ2) is 48.1. The largest absolute Gasteiger partial charge is 0.373 e. The second-order valence-electron chi connectivity index (χ2n) is 31.0. The summed E-state index contributed by atoms with van der Waals surface area (Å²) in [5.41, 5.74) is -0.628. The summed E-state index contributed by atoms with van der Waals surface area (Å²) in [7, 11) is -4.66. The maximum atomic E-state index is 13.9. The molecule has 0 unspecified atom stereocenters. The highest BCUT2D eigenvalue weighted by Gasteiger charge is 2.37. The van der Waals surface area contributed by atoms with Crippen molar-refractivity contribution in [3.05, 3.63) is 0 Å². The van der Waals surface area contributed by atoms with E-state index in [9.17, 15) is 4.57 Å². The van der Waals surface area contributed by atoms with E-state index in [0.29, 0.717) is 17.1 Å². The van der Waals surface area contributed by atoms with Crippen molar-refractivity contribution in [1.82, 2.24) is 40.4 Å². The first-order valence-electron chi connectivity index (χ1n) is 30.1. The second-order valence-corrected chi connectivity index (χ2v) is 33.9. The molecule has 3 N–H and O–H groups in total. The normalized spacial score (nSPS) is 16.9. The molecule has 0 saturated carbocycles. The van der Waals surface area contributed by atoms with Crippen molar-refractivity contribution >= 4 is 47.6 Å². The van der Waals surface area contributed by atoms with Crippen LogP contribution in [0.3, 0.4) is 0 Å². The number of carbonyl (C=O) groups excluding carboxylic acids is 9. The molecular formula is C62H128N8O15P2. The van der Waals surface area contributed by atoms with E-state index in [-0.39, 0.29) is 52.2 Å². The Labute approximate surface area is 530 Å². The zero-order valence-electron chi connectivity index (χ0n) is 59.8. The minimum atomic E-state index is -3.33. The molecule has 0 amide bonds. The van der Waals surface area contributed by atoms with E-state index in [1.165, 1.54) is 26.2 Å². The van der Waals surface area contributed by atoms with Crippen molar-refractivity contribution in [3.8, 4) is 0 Å². The summed E-state index contributed by atoms with van der Waals surface area (Å²) in [5, 5.41) is 10.7. The van der Waals surface area contributed by atoms with Gasteiger partial charge in [-0.05, 0) is 126 Å². The lowest BCUT2D eigenvalue weighted by Gasteiger charge is -2.38. The lowest BCUT2D eigenvalue weighted by Crippen LogP contribution is -2.48. The van der Waals surface area contributed by atoms with Crippen LogP contribution in [0.15, 0.2) is 0 Å². The van der Waals surface area contributed by atoms with Crippen LogP contribution >= 0.6 is 16.2 Å². The van der Waals surface area contributed by atoms with E-state index in [1.54, 1.807) is 0 Å². The van der Waals surface area contributed by atoms with Gasteiger partial charge in [0.25, 0.3) is 0 Å². The summed E-state index contributed by atoms with van der Waals surface area (Å²) in [6.07, 6.45) is 1.31. The van der Waals surface area contributed by atoms with Gasteiger partial charge in [-0.1, -0.05) is 83.1 Å². The monoisotopic (exact) mass is 1290 g/mol. The van der Waals surface area contributed by atoms with Crippen LogP contribution in [0.5, 0.6) is 0 Å². The van der Waals surface area contributed by atoms with E-state index >= 15 is 0 Å². The summed E-state index contributed by atoms with van der Waals surface area (Å²) in [5.74, 6) is 0. The number of hydrogen-bond donors (Lipinski definition) is 3. The lowest BCUT2D eigenvalue weighted by atomic mass is 9.95. The Balaban J connectivity index is -0.000000269. The molecule has 0 aromatic carbocycles. The molecule has 516 valence electrons. The molecule has 2 aliphatic heterocycles. The van der Waals surface area contributed by atoms with Crippen LogP contribution in [-0.4, -0.2) is 221 Å². The van der Waals surface area contributed by atoms with E-state index in [4.69, 9.17) is 65.8 Å². The fourth-order valence-corrected chi connectivity index (χ4v) is 12.3. The van der Waals surface area contributed by atoms with Gasteiger partial charge in [0.2, 0.25) is 0 Å². The third kappa shape index (κ3) is 79.4. The standard InChI is InChI=1S/C27H59N4O3P.C18H40N4.C12H27O3P.4CO2.CH2O/c1-24(2,3)21-29-15-13-28-14-16-31(20-19-30(18-17-29)22-25(4,5)6)23-35(32,33-26(7,8)9)34-27(10,11)12;1-17(2,3)15-21-11-9-19-7-8-20-10-12-22(14-13-21)16-18(4,5)6;1-10(2,3)13-16(14-11(4,5)6)15-12(7,8)9;4*2-1-3;1-2/h28H,13-23H2,1-12H3;19-20H,7-16H2,1-6H3;1-9H3;;;;;1H2. The summed E-state index contributed by atoms with van der Waals surface area (Å²) in [6.45, 7) is 80.6. The Hall–Kier alpha value is -2.67. The van der Waals surface area contributed by atoms with Gasteiger partial charge in [-0.3, -0.25) is 9.46 Å².